The van der Waals surface area contributed by atoms with E-state index in [4.69, 9.17) is 11.6 Å². The minimum Gasteiger partial charge on any atom is -0.371 e. The second kappa shape index (κ2) is 6.16. The van der Waals surface area contributed by atoms with Crippen molar-refractivity contribution in [3.05, 3.63) is 34.4 Å². The summed E-state index contributed by atoms with van der Waals surface area (Å²) < 4.78 is 65.6. The average Bonchev–Trinajstić information content (AvgIpc) is 2.21. The van der Waals surface area contributed by atoms with Crippen molar-refractivity contribution in [3.63, 3.8) is 0 Å². The Morgan fingerprint density at radius 2 is 1.78 bits per heavy atom. The fourth-order valence-corrected chi connectivity index (χ4v) is 2.13. The first-order chi connectivity index (χ1) is 8.20. The molecule has 0 aliphatic carbocycles. The van der Waals surface area contributed by atoms with E-state index < -0.39 is 29.2 Å². The van der Waals surface area contributed by atoms with E-state index in [0.717, 1.165) is 12.1 Å². The molecular weight excluding hydrogens is 346 g/mol. The van der Waals surface area contributed by atoms with Gasteiger partial charge in [-0.1, -0.05) is 27.5 Å². The molecule has 0 saturated carbocycles. The molecule has 18 heavy (non-hydrogen) atoms. The van der Waals surface area contributed by atoms with E-state index in [9.17, 15) is 22.0 Å². The number of alkyl halides is 4. The first-order valence-corrected chi connectivity index (χ1v) is 5.93. The van der Waals surface area contributed by atoms with Gasteiger partial charge in [0.15, 0.2) is 11.6 Å². The number of ether oxygens (including phenoxy) is 1. The Hall–Kier alpha value is -0.400. The highest BCUT2D eigenvalue weighted by molar-refractivity contribution is 9.09. The van der Waals surface area contributed by atoms with Crippen molar-refractivity contribution in [2.75, 3.05) is 13.2 Å². The van der Waals surface area contributed by atoms with Gasteiger partial charge in [0, 0.05) is 5.02 Å². The maximum atomic E-state index is 13.0. The van der Waals surface area contributed by atoms with Crippen molar-refractivity contribution in [2.24, 2.45) is 0 Å². The summed E-state index contributed by atoms with van der Waals surface area (Å²) in [6.07, 6.45) is -4.44. The van der Waals surface area contributed by atoms with Gasteiger partial charge in [0.1, 0.15) is 6.61 Å². The predicted octanol–water partition coefficient (Wildman–Crippen LogP) is 4.63. The van der Waals surface area contributed by atoms with E-state index in [2.05, 4.69) is 20.7 Å². The van der Waals surface area contributed by atoms with Gasteiger partial charge in [0.2, 0.25) is 0 Å². The lowest BCUT2D eigenvalue weighted by atomic mass is 10.1. The summed E-state index contributed by atoms with van der Waals surface area (Å²) in [6.45, 7) is -1.79. The van der Waals surface area contributed by atoms with Crippen LogP contribution in [-0.2, 0) is 4.74 Å². The first-order valence-electron chi connectivity index (χ1n) is 4.63. The van der Waals surface area contributed by atoms with Gasteiger partial charge in [-0.3, -0.25) is 0 Å². The SMILES string of the molecule is Fc1cc(Cl)c(C(Br)COCC(F)(F)F)cc1F. The second-order valence-electron chi connectivity index (χ2n) is 3.39. The highest BCUT2D eigenvalue weighted by Crippen LogP contribution is 2.31. The quantitative estimate of drug-likeness (QED) is 0.435. The Morgan fingerprint density at radius 1 is 1.22 bits per heavy atom. The molecule has 1 aromatic carbocycles. The Bertz CT molecular complexity index is 423. The minimum absolute atomic E-state index is 0.0913. The summed E-state index contributed by atoms with van der Waals surface area (Å²) in [4.78, 5) is -0.762. The molecule has 1 atom stereocenters. The molecule has 0 bridgehead atoms. The number of halogens is 7. The van der Waals surface area contributed by atoms with Crippen LogP contribution in [0.2, 0.25) is 5.02 Å². The summed E-state index contributed by atoms with van der Waals surface area (Å²) in [5.74, 6) is -2.26. The standard InChI is InChI=1S/C10H7BrClF5O/c11-6(3-18-4-10(15,16)17)5-1-8(13)9(14)2-7(5)12/h1-2,6H,3-4H2. The van der Waals surface area contributed by atoms with Crippen LogP contribution in [0.15, 0.2) is 12.1 Å². The van der Waals surface area contributed by atoms with Crippen molar-refractivity contribution < 1.29 is 26.7 Å². The van der Waals surface area contributed by atoms with Crippen LogP contribution in [0.3, 0.4) is 0 Å². The van der Waals surface area contributed by atoms with E-state index in [-0.39, 0.29) is 17.2 Å². The lowest BCUT2D eigenvalue weighted by Crippen LogP contribution is -2.18. The second-order valence-corrected chi connectivity index (χ2v) is 4.90. The molecule has 0 N–H and O–H groups in total. The third kappa shape index (κ3) is 4.70. The average molecular weight is 354 g/mol. The number of hydrogen-bond donors (Lipinski definition) is 0. The Morgan fingerprint density at radius 3 is 2.33 bits per heavy atom. The van der Waals surface area contributed by atoms with Gasteiger partial charge in [-0.15, -0.1) is 0 Å². The van der Waals surface area contributed by atoms with Gasteiger partial charge >= 0.3 is 6.18 Å². The van der Waals surface area contributed by atoms with E-state index in [0.29, 0.717) is 0 Å². The summed E-state index contributed by atoms with van der Waals surface area (Å²) in [7, 11) is 0. The molecule has 0 saturated heterocycles. The van der Waals surface area contributed by atoms with Crippen molar-refractivity contribution >= 4 is 27.5 Å². The van der Waals surface area contributed by atoms with Crippen LogP contribution in [0.4, 0.5) is 22.0 Å². The molecule has 0 heterocycles. The third-order valence-corrected chi connectivity index (χ3v) is 2.99. The van der Waals surface area contributed by atoms with Crippen LogP contribution in [0.5, 0.6) is 0 Å². The lowest BCUT2D eigenvalue weighted by Gasteiger charge is -2.14. The fraction of sp³-hybridized carbons (Fsp3) is 0.400. The van der Waals surface area contributed by atoms with E-state index in [1.54, 1.807) is 0 Å². The zero-order valence-corrected chi connectivity index (χ0v) is 11.0. The molecule has 8 heteroatoms. The monoisotopic (exact) mass is 352 g/mol. The van der Waals surface area contributed by atoms with Crippen LogP contribution in [0.25, 0.3) is 0 Å². The number of benzene rings is 1. The third-order valence-electron chi connectivity index (χ3n) is 1.91. The molecule has 0 spiro atoms. The van der Waals surface area contributed by atoms with Crippen LogP contribution < -0.4 is 0 Å². The predicted molar refractivity (Wildman–Crippen MR) is 59.9 cm³/mol. The van der Waals surface area contributed by atoms with Crippen molar-refractivity contribution in [3.8, 4) is 0 Å². The normalized spacial score (nSPS) is 13.7. The van der Waals surface area contributed by atoms with Gasteiger partial charge in [-0.2, -0.15) is 13.2 Å². The van der Waals surface area contributed by atoms with Crippen LogP contribution in [-0.4, -0.2) is 19.4 Å². The molecule has 0 amide bonds. The van der Waals surface area contributed by atoms with Gasteiger partial charge in [-0.25, -0.2) is 8.78 Å². The number of hydrogen-bond acceptors (Lipinski definition) is 1. The smallest absolute Gasteiger partial charge is 0.371 e. The van der Waals surface area contributed by atoms with Gasteiger partial charge in [0.05, 0.1) is 11.4 Å². The van der Waals surface area contributed by atoms with Gasteiger partial charge in [-0.05, 0) is 17.7 Å². The molecular formula is C10H7BrClF5O. The summed E-state index contributed by atoms with van der Waals surface area (Å²) >= 11 is 8.65. The summed E-state index contributed by atoms with van der Waals surface area (Å²) in [5.41, 5.74) is 0.123. The summed E-state index contributed by atoms with van der Waals surface area (Å²) in [6, 6.07) is 1.57. The Balaban J connectivity index is 2.67. The molecule has 1 aromatic rings. The van der Waals surface area contributed by atoms with E-state index in [1.807, 2.05) is 0 Å². The maximum absolute atomic E-state index is 13.0. The molecule has 0 aliphatic rings. The Labute approximate surface area is 113 Å². The molecule has 0 radical (unpaired) electrons. The lowest BCUT2D eigenvalue weighted by molar-refractivity contribution is -0.173. The molecule has 1 rings (SSSR count). The first kappa shape index (κ1) is 15.7. The molecule has 1 unspecified atom stereocenters. The molecule has 1 nitrogen and oxygen atoms in total. The molecule has 0 aliphatic heterocycles. The Kier molecular flexibility index (Phi) is 5.36. The van der Waals surface area contributed by atoms with Crippen LogP contribution in [0, 0.1) is 11.6 Å². The van der Waals surface area contributed by atoms with Crippen LogP contribution in [0.1, 0.15) is 10.4 Å². The molecule has 0 aromatic heterocycles. The summed E-state index contributed by atoms with van der Waals surface area (Å²) in [5, 5.41) is -0.0913. The van der Waals surface area contributed by atoms with E-state index >= 15 is 0 Å². The minimum atomic E-state index is -4.44. The largest absolute Gasteiger partial charge is 0.411 e. The molecule has 0 fully saturated rings. The number of rotatable bonds is 4. The topological polar surface area (TPSA) is 9.23 Å². The van der Waals surface area contributed by atoms with Gasteiger partial charge in [0.25, 0.3) is 0 Å². The fourth-order valence-electron chi connectivity index (χ4n) is 1.15. The highest BCUT2D eigenvalue weighted by atomic mass is 79.9. The highest BCUT2D eigenvalue weighted by Gasteiger charge is 2.28. The van der Waals surface area contributed by atoms with Crippen LogP contribution >= 0.6 is 27.5 Å². The van der Waals surface area contributed by atoms with Crippen molar-refractivity contribution in [1.29, 1.82) is 0 Å². The zero-order valence-electron chi connectivity index (χ0n) is 8.70. The van der Waals surface area contributed by atoms with Crippen molar-refractivity contribution in [2.45, 2.75) is 11.0 Å². The van der Waals surface area contributed by atoms with E-state index in [1.165, 1.54) is 0 Å². The maximum Gasteiger partial charge on any atom is 0.411 e. The zero-order chi connectivity index (χ0) is 13.9. The van der Waals surface area contributed by atoms with Crippen molar-refractivity contribution in [1.82, 2.24) is 0 Å². The molecule has 102 valence electrons. The van der Waals surface area contributed by atoms with Gasteiger partial charge < -0.3 is 4.74 Å².